The minimum absolute atomic E-state index is 0.0518. The molecule has 0 radical (unpaired) electrons. The molecule has 0 saturated carbocycles. The summed E-state index contributed by atoms with van der Waals surface area (Å²) in [6.07, 6.45) is 3.33. The monoisotopic (exact) mass is 693 g/mol. The molecule has 3 amide bonds. The maximum absolute atomic E-state index is 14.6. The number of nitrogens with one attached hydrogen (secondary N) is 1. The van der Waals surface area contributed by atoms with E-state index in [2.05, 4.69) is 18.5 Å². The number of aliphatic hydroxyl groups is 1. The lowest BCUT2D eigenvalue weighted by molar-refractivity contribution is -0.163. The number of carbonyl (C=O) groups is 4. The number of aliphatic hydroxyl groups excluding tert-OH is 1. The smallest absolute Gasteiger partial charge is 0.313 e. The Balaban J connectivity index is 1.49. The van der Waals surface area contributed by atoms with Crippen LogP contribution in [0.2, 0.25) is 5.02 Å². The summed E-state index contributed by atoms with van der Waals surface area (Å²) in [6.45, 7) is 7.56. The minimum atomic E-state index is -1.30. The number of methoxy groups -OCH3 is 1. The van der Waals surface area contributed by atoms with Gasteiger partial charge in [-0.05, 0) is 43.4 Å². The number of benzene rings is 2. The molecular formula is C37H44ClN3O8. The molecule has 3 saturated heterocycles. The molecule has 7 atom stereocenters. The lowest BCUT2D eigenvalue weighted by Gasteiger charge is -2.37. The summed E-state index contributed by atoms with van der Waals surface area (Å²) in [7, 11) is 1.49. The number of fused-ring (bicyclic) bond motifs is 1. The lowest BCUT2D eigenvalue weighted by atomic mass is 9.70. The molecule has 11 nitrogen and oxygen atoms in total. The van der Waals surface area contributed by atoms with Crippen molar-refractivity contribution in [1.82, 2.24) is 10.2 Å². The molecule has 262 valence electrons. The van der Waals surface area contributed by atoms with Gasteiger partial charge in [-0.3, -0.25) is 19.2 Å². The van der Waals surface area contributed by atoms with Crippen LogP contribution in [0.3, 0.4) is 0 Å². The molecule has 2 aromatic carbocycles. The number of para-hydroxylation sites is 1. The van der Waals surface area contributed by atoms with Gasteiger partial charge in [-0.15, -0.1) is 13.2 Å². The van der Waals surface area contributed by atoms with Gasteiger partial charge in [-0.1, -0.05) is 66.2 Å². The topological polar surface area (TPSA) is 135 Å². The molecule has 1 spiro atoms. The van der Waals surface area contributed by atoms with Crippen LogP contribution in [0.15, 0.2) is 79.9 Å². The Morgan fingerprint density at radius 2 is 1.90 bits per heavy atom. The number of ether oxygens (including phenoxy) is 3. The second kappa shape index (κ2) is 16.1. The molecule has 3 aliphatic rings. The van der Waals surface area contributed by atoms with Crippen molar-refractivity contribution >= 4 is 41.0 Å². The zero-order valence-electron chi connectivity index (χ0n) is 27.7. The molecule has 2 N–H and O–H groups in total. The number of amides is 3. The SMILES string of the molecule is C=CCCC(=O)N[C@@H](COC)[C@@H](OC(=O)[C@@H]1[C@H]2C(=O)N(CCCO)[C@H](C(=O)N(CC=C)c3ccccc3Cl)[C@]23CC[C@H]1O3)c1ccccc1. The first-order valence-electron chi connectivity index (χ1n) is 16.6. The fraction of sp³-hybridized carbons (Fsp3) is 0.459. The van der Waals surface area contributed by atoms with Gasteiger partial charge in [-0.2, -0.15) is 0 Å². The van der Waals surface area contributed by atoms with E-state index in [1.54, 1.807) is 60.7 Å². The Bertz CT molecular complexity index is 1540. The fourth-order valence-corrected chi connectivity index (χ4v) is 7.80. The predicted octanol–water partition coefficient (Wildman–Crippen LogP) is 4.00. The highest BCUT2D eigenvalue weighted by Crippen LogP contribution is 2.59. The second-order valence-electron chi connectivity index (χ2n) is 12.6. The van der Waals surface area contributed by atoms with E-state index in [1.807, 2.05) is 6.07 Å². The van der Waals surface area contributed by atoms with Crippen LogP contribution in [-0.2, 0) is 33.4 Å². The third-order valence-corrected chi connectivity index (χ3v) is 9.91. The maximum atomic E-state index is 14.6. The number of likely N-dealkylation sites (tertiary alicyclic amines) is 1. The molecule has 3 fully saturated rings. The molecule has 5 rings (SSSR count). The van der Waals surface area contributed by atoms with E-state index in [1.165, 1.54) is 16.9 Å². The maximum Gasteiger partial charge on any atom is 0.313 e. The van der Waals surface area contributed by atoms with E-state index >= 15 is 0 Å². The molecule has 0 unspecified atom stereocenters. The van der Waals surface area contributed by atoms with Crippen molar-refractivity contribution in [3.05, 3.63) is 90.5 Å². The average molecular weight is 694 g/mol. The van der Waals surface area contributed by atoms with E-state index in [4.69, 9.17) is 25.8 Å². The van der Waals surface area contributed by atoms with Crippen molar-refractivity contribution in [2.24, 2.45) is 11.8 Å². The molecule has 2 bridgehead atoms. The fourth-order valence-electron chi connectivity index (χ4n) is 7.56. The Morgan fingerprint density at radius 3 is 2.57 bits per heavy atom. The number of halogens is 1. The average Bonchev–Trinajstić information content (AvgIpc) is 3.75. The number of nitrogens with zero attached hydrogens (tertiary/aromatic N) is 2. The quantitative estimate of drug-likeness (QED) is 0.188. The number of allylic oxidation sites excluding steroid dienone is 1. The molecule has 49 heavy (non-hydrogen) atoms. The molecule has 3 aliphatic heterocycles. The van der Waals surface area contributed by atoms with Crippen LogP contribution >= 0.6 is 11.6 Å². The van der Waals surface area contributed by atoms with Gasteiger partial charge in [0.25, 0.3) is 5.91 Å². The Hall–Kier alpha value is -4.03. The van der Waals surface area contributed by atoms with Crippen LogP contribution in [0, 0.1) is 11.8 Å². The summed E-state index contributed by atoms with van der Waals surface area (Å²) < 4.78 is 18.3. The summed E-state index contributed by atoms with van der Waals surface area (Å²) in [5.41, 5.74) is -0.209. The molecule has 12 heteroatoms. The summed E-state index contributed by atoms with van der Waals surface area (Å²) in [6, 6.07) is 14.1. The Morgan fingerprint density at radius 1 is 1.16 bits per heavy atom. The molecule has 3 heterocycles. The summed E-state index contributed by atoms with van der Waals surface area (Å²) in [5, 5.41) is 13.0. The van der Waals surface area contributed by atoms with Gasteiger partial charge < -0.3 is 34.4 Å². The van der Waals surface area contributed by atoms with E-state index in [0.717, 1.165) is 0 Å². The number of hydrogen-bond donors (Lipinski definition) is 2. The first-order valence-corrected chi connectivity index (χ1v) is 17.0. The zero-order chi connectivity index (χ0) is 35.1. The van der Waals surface area contributed by atoms with E-state index < -0.39 is 59.5 Å². The van der Waals surface area contributed by atoms with Gasteiger partial charge in [-0.25, -0.2) is 0 Å². The summed E-state index contributed by atoms with van der Waals surface area (Å²) >= 11 is 6.54. The zero-order valence-corrected chi connectivity index (χ0v) is 28.4. The third kappa shape index (κ3) is 7.17. The lowest BCUT2D eigenvalue weighted by Crippen LogP contribution is -2.56. The van der Waals surface area contributed by atoms with Crippen LogP contribution < -0.4 is 10.2 Å². The van der Waals surface area contributed by atoms with Crippen LogP contribution in [0.4, 0.5) is 5.69 Å². The molecule has 0 aromatic heterocycles. The summed E-state index contributed by atoms with van der Waals surface area (Å²) in [4.78, 5) is 59.1. The molecular weight excluding hydrogens is 650 g/mol. The normalized spacial score (nSPS) is 25.0. The van der Waals surface area contributed by atoms with Crippen LogP contribution in [-0.4, -0.2) is 90.9 Å². The highest BCUT2D eigenvalue weighted by Gasteiger charge is 2.75. The van der Waals surface area contributed by atoms with Gasteiger partial charge in [0, 0.05) is 33.2 Å². The van der Waals surface area contributed by atoms with Crippen molar-refractivity contribution < 1.29 is 38.5 Å². The van der Waals surface area contributed by atoms with E-state index in [0.29, 0.717) is 35.5 Å². The van der Waals surface area contributed by atoms with Gasteiger partial charge in [0.2, 0.25) is 11.8 Å². The van der Waals surface area contributed by atoms with E-state index in [-0.39, 0.29) is 45.1 Å². The number of carbonyl (C=O) groups excluding carboxylic acids is 4. The van der Waals surface area contributed by atoms with Crippen molar-refractivity contribution in [2.75, 3.05) is 38.3 Å². The standard InChI is InChI=1S/C37H44ClN3O8/c1-4-6-17-29(43)39-26(23-47-3)32(24-13-8-7-9-14-24)48-36(46)30-28-18-19-37(49-28)31(30)34(44)41(21-12-22-42)33(37)35(45)40(20-5-2)27-16-11-10-15-25(27)38/h4-5,7-11,13-16,26,28,30-33,42H,1-2,6,12,17-23H2,3H3,(H,39,43)/t26-,28+,30-,31-,32-,33+,37-/m0/s1. The first-order chi connectivity index (χ1) is 23.7. The van der Waals surface area contributed by atoms with E-state index in [9.17, 15) is 24.3 Å². The summed E-state index contributed by atoms with van der Waals surface area (Å²) in [5.74, 6) is -3.74. The van der Waals surface area contributed by atoms with Crippen LogP contribution in [0.5, 0.6) is 0 Å². The molecule has 2 aromatic rings. The predicted molar refractivity (Wildman–Crippen MR) is 184 cm³/mol. The Kier molecular flexibility index (Phi) is 11.9. The van der Waals surface area contributed by atoms with Gasteiger partial charge in [0.05, 0.1) is 41.3 Å². The number of esters is 1. The van der Waals surface area contributed by atoms with Crippen LogP contribution in [0.25, 0.3) is 0 Å². The van der Waals surface area contributed by atoms with Crippen molar-refractivity contribution in [2.45, 2.75) is 62.0 Å². The first kappa shape index (κ1) is 36.3. The van der Waals surface area contributed by atoms with Gasteiger partial charge in [0.1, 0.15) is 17.7 Å². The highest BCUT2D eigenvalue weighted by molar-refractivity contribution is 6.34. The Labute approximate surface area is 291 Å². The van der Waals surface area contributed by atoms with Gasteiger partial charge >= 0.3 is 5.97 Å². The number of anilines is 1. The second-order valence-corrected chi connectivity index (χ2v) is 13.0. The third-order valence-electron chi connectivity index (χ3n) is 9.59. The van der Waals surface area contributed by atoms with Gasteiger partial charge in [0.15, 0.2) is 0 Å². The highest BCUT2D eigenvalue weighted by atomic mass is 35.5. The van der Waals surface area contributed by atoms with Crippen molar-refractivity contribution in [1.29, 1.82) is 0 Å². The number of hydrogen-bond acceptors (Lipinski definition) is 8. The number of rotatable bonds is 17. The van der Waals surface area contributed by atoms with Crippen molar-refractivity contribution in [3.63, 3.8) is 0 Å². The largest absolute Gasteiger partial charge is 0.455 e. The molecule has 0 aliphatic carbocycles. The van der Waals surface area contributed by atoms with Crippen LogP contribution in [0.1, 0.15) is 43.8 Å². The minimum Gasteiger partial charge on any atom is -0.455 e. The van der Waals surface area contributed by atoms with Crippen molar-refractivity contribution in [3.8, 4) is 0 Å².